The first-order valence-corrected chi connectivity index (χ1v) is 8.09. The first kappa shape index (κ1) is 16.0. The van der Waals surface area contributed by atoms with Crippen LogP contribution in [0.2, 0.25) is 0 Å². The first-order chi connectivity index (χ1) is 9.91. The Morgan fingerprint density at radius 2 is 1.86 bits per heavy atom. The molecule has 0 aliphatic rings. The van der Waals surface area contributed by atoms with E-state index in [0.29, 0.717) is 0 Å². The Labute approximate surface area is 131 Å². The van der Waals surface area contributed by atoms with E-state index >= 15 is 0 Å². The number of nitrogens with zero attached hydrogens (tertiary/aromatic N) is 2. The number of thiazole rings is 1. The maximum Gasteiger partial charge on any atom is 0.185 e. The van der Waals surface area contributed by atoms with E-state index < -0.39 is 0 Å². The highest BCUT2D eigenvalue weighted by Gasteiger charge is 2.23. The van der Waals surface area contributed by atoms with E-state index in [2.05, 4.69) is 57.0 Å². The molecule has 21 heavy (non-hydrogen) atoms. The molecule has 0 unspecified atom stereocenters. The number of aromatic nitrogens is 1. The third kappa shape index (κ3) is 4.05. The van der Waals surface area contributed by atoms with Crippen LogP contribution < -0.4 is 4.90 Å². The molecule has 0 radical (unpaired) electrons. The van der Waals surface area contributed by atoms with Crippen molar-refractivity contribution in [1.29, 1.82) is 0 Å². The number of anilines is 1. The number of rotatable bonds is 5. The summed E-state index contributed by atoms with van der Waals surface area (Å²) in [4.78, 5) is 7.90. The van der Waals surface area contributed by atoms with Gasteiger partial charge < -0.3 is 10.0 Å². The van der Waals surface area contributed by atoms with Crippen molar-refractivity contribution in [2.45, 2.75) is 39.2 Å². The van der Waals surface area contributed by atoms with Crippen LogP contribution in [0.25, 0.3) is 0 Å². The Morgan fingerprint density at radius 3 is 2.38 bits per heavy atom. The summed E-state index contributed by atoms with van der Waals surface area (Å²) in [6.45, 7) is 7.39. The van der Waals surface area contributed by atoms with Crippen LogP contribution in [0.5, 0.6) is 0 Å². The van der Waals surface area contributed by atoms with Gasteiger partial charge in [0.1, 0.15) is 0 Å². The van der Waals surface area contributed by atoms with Crippen molar-refractivity contribution in [3.05, 3.63) is 46.5 Å². The van der Waals surface area contributed by atoms with E-state index in [0.717, 1.165) is 28.7 Å². The molecule has 1 aromatic heterocycles. The van der Waals surface area contributed by atoms with Crippen molar-refractivity contribution >= 4 is 16.5 Å². The maximum absolute atomic E-state index is 9.54. The predicted octanol–water partition coefficient (Wildman–Crippen LogP) is 3.61. The topological polar surface area (TPSA) is 36.4 Å². The van der Waals surface area contributed by atoms with E-state index in [1.165, 1.54) is 5.56 Å². The number of aliphatic hydroxyl groups is 1. The molecule has 0 amide bonds. The van der Waals surface area contributed by atoms with Gasteiger partial charge in [-0.25, -0.2) is 4.98 Å². The van der Waals surface area contributed by atoms with Crippen molar-refractivity contribution in [2.24, 2.45) is 0 Å². The molecule has 0 atom stereocenters. The minimum atomic E-state index is -0.0346. The van der Waals surface area contributed by atoms with E-state index in [9.17, 15) is 5.11 Å². The first-order valence-electron chi connectivity index (χ1n) is 7.28. The molecule has 0 aliphatic heterocycles. The highest BCUT2D eigenvalue weighted by atomic mass is 32.1. The van der Waals surface area contributed by atoms with Gasteiger partial charge in [-0.1, -0.05) is 62.4 Å². The lowest BCUT2D eigenvalue weighted by Crippen LogP contribution is -2.21. The number of hydrogen-bond donors (Lipinski definition) is 1. The van der Waals surface area contributed by atoms with Gasteiger partial charge in [-0.3, -0.25) is 0 Å². The second-order valence-electron chi connectivity index (χ2n) is 6.33. The van der Waals surface area contributed by atoms with Crippen LogP contribution in [0.3, 0.4) is 0 Å². The molecule has 2 aromatic rings. The number of likely N-dealkylation sites (N-methyl/N-ethyl adjacent to an activating group) is 1. The summed E-state index contributed by atoms with van der Waals surface area (Å²) in [5.74, 6) is 0. The molecule has 0 bridgehead atoms. The highest BCUT2D eigenvalue weighted by molar-refractivity contribution is 7.15. The zero-order valence-corrected chi connectivity index (χ0v) is 14.1. The molecular weight excluding hydrogens is 280 g/mol. The van der Waals surface area contributed by atoms with Gasteiger partial charge in [0.05, 0.1) is 17.2 Å². The fraction of sp³-hybridized carbons (Fsp3) is 0.471. The molecule has 0 saturated carbocycles. The third-order valence-electron chi connectivity index (χ3n) is 3.45. The highest BCUT2D eigenvalue weighted by Crippen LogP contribution is 2.33. The molecule has 0 spiro atoms. The summed E-state index contributed by atoms with van der Waals surface area (Å²) in [6, 6.07) is 10.5. The second-order valence-corrected chi connectivity index (χ2v) is 7.40. The Hall–Kier alpha value is -1.39. The summed E-state index contributed by atoms with van der Waals surface area (Å²) in [5, 5.41) is 10.5. The second kappa shape index (κ2) is 6.58. The molecule has 3 nitrogen and oxygen atoms in total. The zero-order valence-electron chi connectivity index (χ0n) is 13.3. The van der Waals surface area contributed by atoms with Crippen molar-refractivity contribution in [2.75, 3.05) is 18.5 Å². The minimum Gasteiger partial charge on any atom is -0.391 e. The molecule has 0 aliphatic carbocycles. The summed E-state index contributed by atoms with van der Waals surface area (Å²) >= 11 is 1.59. The molecule has 0 saturated heterocycles. The van der Waals surface area contributed by atoms with Crippen LogP contribution in [0, 0.1) is 0 Å². The number of hydrogen-bond acceptors (Lipinski definition) is 4. The molecular formula is C17H24N2OS. The summed E-state index contributed by atoms with van der Waals surface area (Å²) in [6.07, 6.45) is 0.996. The van der Waals surface area contributed by atoms with Gasteiger partial charge in [-0.2, -0.15) is 0 Å². The van der Waals surface area contributed by atoms with Crippen LogP contribution in [0.15, 0.2) is 30.3 Å². The number of benzene rings is 1. The lowest BCUT2D eigenvalue weighted by Gasteiger charge is -2.18. The Bertz CT molecular complexity index is 572. The zero-order chi connectivity index (χ0) is 15.5. The van der Waals surface area contributed by atoms with Gasteiger partial charge in [0.2, 0.25) is 0 Å². The molecule has 114 valence electrons. The number of aliphatic hydroxyl groups excluding tert-OH is 1. The van der Waals surface area contributed by atoms with Gasteiger partial charge in [0.15, 0.2) is 5.13 Å². The standard InChI is InChI=1S/C17H24N2OS/c1-17(2,3)15-14(12-20)21-16(18-15)19(4)11-10-13-8-6-5-7-9-13/h5-9,20H,10-12H2,1-4H3. The molecule has 1 N–H and O–H groups in total. The van der Waals surface area contributed by atoms with Gasteiger partial charge in [-0.05, 0) is 12.0 Å². The molecule has 1 aromatic carbocycles. The lowest BCUT2D eigenvalue weighted by atomic mass is 9.91. The summed E-state index contributed by atoms with van der Waals surface area (Å²) < 4.78 is 0. The Balaban J connectivity index is 2.09. The molecule has 4 heteroatoms. The average Bonchev–Trinajstić information content (AvgIpc) is 2.90. The fourth-order valence-corrected chi connectivity index (χ4v) is 3.35. The quantitative estimate of drug-likeness (QED) is 0.916. The van der Waals surface area contributed by atoms with Gasteiger partial charge in [0.25, 0.3) is 0 Å². The van der Waals surface area contributed by atoms with E-state index in [1.807, 2.05) is 6.07 Å². The van der Waals surface area contributed by atoms with Gasteiger partial charge in [0, 0.05) is 19.0 Å². The molecule has 0 fully saturated rings. The van der Waals surface area contributed by atoms with Gasteiger partial charge >= 0.3 is 0 Å². The van der Waals surface area contributed by atoms with Crippen LogP contribution in [0.4, 0.5) is 5.13 Å². The molecule has 2 rings (SSSR count). The van der Waals surface area contributed by atoms with Crippen molar-refractivity contribution in [3.8, 4) is 0 Å². The smallest absolute Gasteiger partial charge is 0.185 e. The summed E-state index contributed by atoms with van der Waals surface area (Å²) in [7, 11) is 2.06. The Morgan fingerprint density at radius 1 is 1.19 bits per heavy atom. The van der Waals surface area contributed by atoms with Gasteiger partial charge in [-0.15, -0.1) is 0 Å². The fourth-order valence-electron chi connectivity index (χ4n) is 2.23. The van der Waals surface area contributed by atoms with Crippen molar-refractivity contribution in [3.63, 3.8) is 0 Å². The third-order valence-corrected chi connectivity index (χ3v) is 4.60. The Kier molecular flexibility index (Phi) is 5.01. The maximum atomic E-state index is 9.54. The van der Waals surface area contributed by atoms with Crippen molar-refractivity contribution in [1.82, 2.24) is 4.98 Å². The van der Waals surface area contributed by atoms with Crippen LogP contribution in [-0.4, -0.2) is 23.7 Å². The summed E-state index contributed by atoms with van der Waals surface area (Å²) in [5.41, 5.74) is 2.31. The van der Waals surface area contributed by atoms with E-state index in [-0.39, 0.29) is 12.0 Å². The predicted molar refractivity (Wildman–Crippen MR) is 90.2 cm³/mol. The van der Waals surface area contributed by atoms with Crippen LogP contribution >= 0.6 is 11.3 Å². The molecule has 1 heterocycles. The van der Waals surface area contributed by atoms with E-state index in [4.69, 9.17) is 4.98 Å². The van der Waals surface area contributed by atoms with E-state index in [1.54, 1.807) is 11.3 Å². The normalized spacial score (nSPS) is 11.7. The van der Waals surface area contributed by atoms with Crippen LogP contribution in [0.1, 0.15) is 36.9 Å². The minimum absolute atomic E-state index is 0.0346. The monoisotopic (exact) mass is 304 g/mol. The average molecular weight is 304 g/mol. The van der Waals surface area contributed by atoms with Crippen LogP contribution in [-0.2, 0) is 18.4 Å². The largest absolute Gasteiger partial charge is 0.391 e. The lowest BCUT2D eigenvalue weighted by molar-refractivity contribution is 0.282. The van der Waals surface area contributed by atoms with Crippen molar-refractivity contribution < 1.29 is 5.11 Å². The SMILES string of the molecule is CN(CCc1ccccc1)c1nc(C(C)(C)C)c(CO)s1.